The Labute approximate surface area is 133 Å². The van der Waals surface area contributed by atoms with Crippen LogP contribution in [0.5, 0.6) is 0 Å². The van der Waals surface area contributed by atoms with Crippen LogP contribution in [-0.2, 0) is 16.1 Å². The number of amides is 1. The lowest BCUT2D eigenvalue weighted by Gasteiger charge is -2.10. The molecule has 0 aliphatic rings. The van der Waals surface area contributed by atoms with E-state index in [4.69, 9.17) is 4.74 Å². The van der Waals surface area contributed by atoms with Crippen LogP contribution in [0.15, 0.2) is 29.1 Å². The van der Waals surface area contributed by atoms with Gasteiger partial charge in [0.2, 0.25) is 0 Å². The number of hydrogen-bond donors (Lipinski definition) is 1. The predicted octanol–water partition coefficient (Wildman–Crippen LogP) is 1.10. The molecule has 2 aromatic rings. The minimum atomic E-state index is -0.725. The lowest BCUT2D eigenvalue weighted by Crippen LogP contribution is -2.30. The van der Waals surface area contributed by atoms with Crippen molar-refractivity contribution in [2.45, 2.75) is 26.8 Å². The monoisotopic (exact) mass is 317 g/mol. The van der Waals surface area contributed by atoms with E-state index in [2.05, 4.69) is 10.4 Å². The quantitative estimate of drug-likeness (QED) is 0.806. The van der Waals surface area contributed by atoms with Crippen LogP contribution in [0.2, 0.25) is 0 Å². The number of nitrogens with zero attached hydrogens (tertiary/aromatic N) is 2. The molecule has 0 aliphatic carbocycles. The number of ether oxygens (including phenoxy) is 1. The predicted molar refractivity (Wildman–Crippen MR) is 85.3 cm³/mol. The van der Waals surface area contributed by atoms with Crippen molar-refractivity contribution in [2.75, 3.05) is 13.2 Å². The zero-order chi connectivity index (χ0) is 16.8. The molecule has 0 aliphatic heterocycles. The number of benzene rings is 1. The first-order valence-corrected chi connectivity index (χ1v) is 7.52. The van der Waals surface area contributed by atoms with Crippen LogP contribution < -0.4 is 10.9 Å². The second kappa shape index (κ2) is 7.53. The van der Waals surface area contributed by atoms with Gasteiger partial charge in [-0.15, -0.1) is 0 Å². The Hall–Kier alpha value is -2.70. The Morgan fingerprint density at radius 2 is 1.91 bits per heavy atom. The van der Waals surface area contributed by atoms with Crippen molar-refractivity contribution in [3.63, 3.8) is 0 Å². The summed E-state index contributed by atoms with van der Waals surface area (Å²) in [6.45, 7) is 4.17. The molecule has 23 heavy (non-hydrogen) atoms. The Balaban J connectivity index is 2.39. The molecule has 1 heterocycles. The first-order valence-electron chi connectivity index (χ1n) is 7.52. The van der Waals surface area contributed by atoms with Gasteiger partial charge in [-0.25, -0.2) is 9.48 Å². The molecule has 122 valence electrons. The molecule has 0 saturated heterocycles. The van der Waals surface area contributed by atoms with E-state index in [1.165, 1.54) is 4.68 Å². The number of fused-ring (bicyclic) bond motifs is 1. The van der Waals surface area contributed by atoms with Gasteiger partial charge in [0.1, 0.15) is 0 Å². The summed E-state index contributed by atoms with van der Waals surface area (Å²) in [4.78, 5) is 36.0. The number of carbonyl (C=O) groups is 2. The fourth-order valence-electron chi connectivity index (χ4n) is 2.20. The van der Waals surface area contributed by atoms with E-state index < -0.39 is 5.97 Å². The van der Waals surface area contributed by atoms with Gasteiger partial charge in [0.05, 0.1) is 5.39 Å². The maximum atomic E-state index is 12.3. The van der Waals surface area contributed by atoms with Crippen molar-refractivity contribution < 1.29 is 14.3 Å². The highest BCUT2D eigenvalue weighted by molar-refractivity contribution is 6.02. The van der Waals surface area contributed by atoms with E-state index in [0.717, 1.165) is 0 Å². The molecule has 1 aromatic carbocycles. The summed E-state index contributed by atoms with van der Waals surface area (Å²) in [5, 5.41) is 7.48. The Morgan fingerprint density at radius 1 is 1.22 bits per heavy atom. The maximum absolute atomic E-state index is 12.3. The molecule has 1 aromatic heterocycles. The van der Waals surface area contributed by atoms with Crippen molar-refractivity contribution in [3.8, 4) is 0 Å². The van der Waals surface area contributed by atoms with Gasteiger partial charge in [-0.05, 0) is 19.4 Å². The standard InChI is InChI=1S/C16H19N3O4/c1-3-9-19-15(21)12-8-6-5-7-11(12)14(18-19)16(22)23-10-13(20)17-4-2/h5-8H,3-4,9-10H2,1-2H3,(H,17,20). The lowest BCUT2D eigenvalue weighted by molar-refractivity contribution is -0.124. The number of likely N-dealkylation sites (N-methyl/N-ethyl adjacent to an activating group) is 1. The van der Waals surface area contributed by atoms with E-state index in [1.54, 1.807) is 31.2 Å². The fourth-order valence-corrected chi connectivity index (χ4v) is 2.20. The molecule has 7 nitrogen and oxygen atoms in total. The molecule has 7 heteroatoms. The van der Waals surface area contributed by atoms with Crippen molar-refractivity contribution in [2.24, 2.45) is 0 Å². The van der Waals surface area contributed by atoms with Crippen LogP contribution in [0.25, 0.3) is 10.8 Å². The van der Waals surface area contributed by atoms with Gasteiger partial charge in [-0.1, -0.05) is 25.1 Å². The average molecular weight is 317 g/mol. The molecule has 0 saturated carbocycles. The maximum Gasteiger partial charge on any atom is 0.359 e. The topological polar surface area (TPSA) is 90.3 Å². The lowest BCUT2D eigenvalue weighted by atomic mass is 10.1. The normalized spacial score (nSPS) is 10.5. The molecule has 0 radical (unpaired) electrons. The number of aryl methyl sites for hydroxylation is 1. The summed E-state index contributed by atoms with van der Waals surface area (Å²) in [5.41, 5.74) is -0.208. The second-order valence-corrected chi connectivity index (χ2v) is 4.95. The number of esters is 1. The molecule has 2 rings (SSSR count). The molecular formula is C16H19N3O4. The van der Waals surface area contributed by atoms with Gasteiger partial charge in [-0.2, -0.15) is 5.10 Å². The minimum absolute atomic E-state index is 0.0398. The van der Waals surface area contributed by atoms with Crippen LogP contribution in [0, 0.1) is 0 Å². The number of carbonyl (C=O) groups excluding carboxylic acids is 2. The molecule has 0 fully saturated rings. The van der Waals surface area contributed by atoms with E-state index in [-0.39, 0.29) is 23.8 Å². The summed E-state index contributed by atoms with van der Waals surface area (Å²) in [6, 6.07) is 6.73. The zero-order valence-corrected chi connectivity index (χ0v) is 13.2. The summed E-state index contributed by atoms with van der Waals surface area (Å²) in [5.74, 6) is -1.11. The molecule has 0 bridgehead atoms. The van der Waals surface area contributed by atoms with Crippen LogP contribution in [-0.4, -0.2) is 34.8 Å². The summed E-state index contributed by atoms with van der Waals surface area (Å²) >= 11 is 0. The highest BCUT2D eigenvalue weighted by Gasteiger charge is 2.18. The third-order valence-electron chi connectivity index (χ3n) is 3.20. The smallest absolute Gasteiger partial charge is 0.359 e. The third kappa shape index (κ3) is 3.74. The first kappa shape index (κ1) is 16.7. The molecular weight excluding hydrogens is 298 g/mol. The van der Waals surface area contributed by atoms with Gasteiger partial charge in [0.15, 0.2) is 12.3 Å². The van der Waals surface area contributed by atoms with Gasteiger partial charge in [0.25, 0.3) is 11.5 Å². The number of nitrogens with one attached hydrogen (secondary N) is 1. The van der Waals surface area contributed by atoms with Crippen LogP contribution in [0.3, 0.4) is 0 Å². The summed E-state index contributed by atoms with van der Waals surface area (Å²) in [6.07, 6.45) is 0.707. The third-order valence-corrected chi connectivity index (χ3v) is 3.20. The molecule has 1 N–H and O–H groups in total. The highest BCUT2D eigenvalue weighted by atomic mass is 16.5. The SMILES string of the molecule is CCCn1nc(C(=O)OCC(=O)NCC)c2ccccc2c1=O. The molecule has 0 spiro atoms. The number of hydrogen-bond acceptors (Lipinski definition) is 5. The molecule has 0 unspecified atom stereocenters. The van der Waals surface area contributed by atoms with E-state index >= 15 is 0 Å². The highest BCUT2D eigenvalue weighted by Crippen LogP contribution is 2.14. The number of aromatic nitrogens is 2. The average Bonchev–Trinajstić information content (AvgIpc) is 2.56. The number of rotatable bonds is 6. The van der Waals surface area contributed by atoms with E-state index in [9.17, 15) is 14.4 Å². The van der Waals surface area contributed by atoms with Crippen LogP contribution >= 0.6 is 0 Å². The van der Waals surface area contributed by atoms with E-state index in [1.807, 2.05) is 6.92 Å². The largest absolute Gasteiger partial charge is 0.451 e. The summed E-state index contributed by atoms with van der Waals surface area (Å²) in [7, 11) is 0. The van der Waals surface area contributed by atoms with Crippen molar-refractivity contribution in [1.82, 2.24) is 15.1 Å². The Bertz CT molecular complexity index is 782. The van der Waals surface area contributed by atoms with Gasteiger partial charge in [0, 0.05) is 18.5 Å². The van der Waals surface area contributed by atoms with Crippen molar-refractivity contribution in [1.29, 1.82) is 0 Å². The Kier molecular flexibility index (Phi) is 5.46. The van der Waals surface area contributed by atoms with Crippen LogP contribution in [0.1, 0.15) is 30.8 Å². The first-order chi connectivity index (χ1) is 11.1. The van der Waals surface area contributed by atoms with Crippen LogP contribution in [0.4, 0.5) is 0 Å². The van der Waals surface area contributed by atoms with Crippen molar-refractivity contribution in [3.05, 3.63) is 40.3 Å². The Morgan fingerprint density at radius 3 is 2.57 bits per heavy atom. The summed E-state index contributed by atoms with van der Waals surface area (Å²) < 4.78 is 6.25. The second-order valence-electron chi connectivity index (χ2n) is 4.95. The molecule has 0 atom stereocenters. The van der Waals surface area contributed by atoms with Gasteiger partial charge in [-0.3, -0.25) is 9.59 Å². The van der Waals surface area contributed by atoms with Gasteiger partial charge < -0.3 is 10.1 Å². The fraction of sp³-hybridized carbons (Fsp3) is 0.375. The van der Waals surface area contributed by atoms with Gasteiger partial charge >= 0.3 is 5.97 Å². The molecule has 1 amide bonds. The van der Waals surface area contributed by atoms with Crippen molar-refractivity contribution >= 4 is 22.6 Å². The minimum Gasteiger partial charge on any atom is -0.451 e. The zero-order valence-electron chi connectivity index (χ0n) is 13.2. The van der Waals surface area contributed by atoms with E-state index in [0.29, 0.717) is 30.3 Å².